The molecule has 0 saturated heterocycles. The van der Waals surface area contributed by atoms with Crippen LogP contribution in [0.1, 0.15) is 29.8 Å². The molecule has 2 rings (SSSR count). The number of carbonyl (C=O) groups excluding carboxylic acids is 1. The molecule has 5 nitrogen and oxygen atoms in total. The molecule has 24 heavy (non-hydrogen) atoms. The first-order chi connectivity index (χ1) is 11.4. The van der Waals surface area contributed by atoms with Crippen LogP contribution >= 0.6 is 22.9 Å². The fourth-order valence-corrected chi connectivity index (χ4v) is 3.20. The van der Waals surface area contributed by atoms with Crippen molar-refractivity contribution >= 4 is 34.8 Å². The number of halogens is 1. The van der Waals surface area contributed by atoms with Crippen molar-refractivity contribution in [3.05, 3.63) is 51.2 Å². The smallest absolute Gasteiger partial charge is 0.341 e. The van der Waals surface area contributed by atoms with Gasteiger partial charge in [-0.2, -0.15) is 0 Å². The number of rotatable bonds is 8. The van der Waals surface area contributed by atoms with Gasteiger partial charge in [0.2, 0.25) is 5.91 Å². The molecule has 1 aromatic heterocycles. The predicted octanol–water partition coefficient (Wildman–Crippen LogP) is 3.67. The van der Waals surface area contributed by atoms with E-state index in [1.165, 1.54) is 11.3 Å². The van der Waals surface area contributed by atoms with Crippen LogP contribution in [0.4, 0.5) is 0 Å². The highest BCUT2D eigenvalue weighted by Gasteiger charge is 2.10. The number of ether oxygens (including phenoxy) is 1. The van der Waals surface area contributed by atoms with E-state index in [9.17, 15) is 9.59 Å². The van der Waals surface area contributed by atoms with Gasteiger partial charge in [-0.25, -0.2) is 4.79 Å². The van der Waals surface area contributed by atoms with E-state index in [0.29, 0.717) is 18.6 Å². The third-order valence-corrected chi connectivity index (χ3v) is 4.64. The Labute approximate surface area is 149 Å². The Kier molecular flexibility index (Phi) is 6.63. The average molecular weight is 368 g/mol. The summed E-state index contributed by atoms with van der Waals surface area (Å²) >= 11 is 7.35. The van der Waals surface area contributed by atoms with Gasteiger partial charge in [0.05, 0.1) is 10.4 Å². The van der Waals surface area contributed by atoms with E-state index in [-0.39, 0.29) is 18.6 Å². The molecule has 0 aliphatic heterocycles. The molecule has 0 aliphatic rings. The molecule has 128 valence electrons. The van der Waals surface area contributed by atoms with Crippen LogP contribution < -0.4 is 10.1 Å². The van der Waals surface area contributed by atoms with Gasteiger partial charge in [-0.3, -0.25) is 4.79 Å². The Bertz CT molecular complexity index is 699. The number of aliphatic carboxylic acids is 1. The Morgan fingerprint density at radius 1 is 1.25 bits per heavy atom. The Hall–Kier alpha value is -2.05. The number of nitrogens with one attached hydrogen (secondary N) is 1. The first kappa shape index (κ1) is 18.3. The highest BCUT2D eigenvalue weighted by molar-refractivity contribution is 7.16. The second-order valence-electron chi connectivity index (χ2n) is 5.25. The van der Waals surface area contributed by atoms with Crippen molar-refractivity contribution in [2.45, 2.75) is 25.8 Å². The van der Waals surface area contributed by atoms with Gasteiger partial charge in [-0.15, -0.1) is 11.3 Å². The summed E-state index contributed by atoms with van der Waals surface area (Å²) in [5, 5.41) is 11.5. The van der Waals surface area contributed by atoms with E-state index < -0.39 is 5.97 Å². The number of benzene rings is 1. The lowest BCUT2D eigenvalue weighted by atomic mass is 10.1. The molecule has 0 radical (unpaired) electrons. The molecule has 0 fully saturated rings. The Morgan fingerprint density at radius 2 is 1.96 bits per heavy atom. The van der Waals surface area contributed by atoms with Crippen molar-refractivity contribution in [2.75, 3.05) is 6.61 Å². The predicted molar refractivity (Wildman–Crippen MR) is 93.8 cm³/mol. The van der Waals surface area contributed by atoms with Crippen LogP contribution in [0.25, 0.3) is 0 Å². The number of hydrogen-bond donors (Lipinski definition) is 2. The first-order valence-corrected chi connectivity index (χ1v) is 8.61. The lowest BCUT2D eigenvalue weighted by Crippen LogP contribution is -2.26. The fourth-order valence-electron chi connectivity index (χ4n) is 2.12. The van der Waals surface area contributed by atoms with E-state index >= 15 is 0 Å². The molecule has 1 aromatic carbocycles. The normalized spacial score (nSPS) is 11.8. The van der Waals surface area contributed by atoms with Crippen LogP contribution in [0.2, 0.25) is 4.34 Å². The summed E-state index contributed by atoms with van der Waals surface area (Å²) in [4.78, 5) is 23.6. The fraction of sp³-hybridized carbons (Fsp3) is 0.294. The van der Waals surface area contributed by atoms with E-state index in [2.05, 4.69) is 5.32 Å². The second-order valence-corrected chi connectivity index (χ2v) is 7.05. The Morgan fingerprint density at radius 3 is 2.54 bits per heavy atom. The largest absolute Gasteiger partial charge is 0.482 e. The number of amides is 1. The summed E-state index contributed by atoms with van der Waals surface area (Å²) in [5.74, 6) is -0.570. The van der Waals surface area contributed by atoms with Gasteiger partial charge in [-0.1, -0.05) is 23.7 Å². The third kappa shape index (κ3) is 5.86. The number of carboxylic acids is 1. The first-order valence-electron chi connectivity index (χ1n) is 7.42. The molecule has 2 aromatic rings. The van der Waals surface area contributed by atoms with Crippen molar-refractivity contribution < 1.29 is 19.4 Å². The minimum Gasteiger partial charge on any atom is -0.482 e. The number of hydrogen-bond acceptors (Lipinski definition) is 4. The van der Waals surface area contributed by atoms with Gasteiger partial charge >= 0.3 is 5.97 Å². The van der Waals surface area contributed by atoms with Crippen LogP contribution in [-0.4, -0.2) is 23.6 Å². The van der Waals surface area contributed by atoms with Crippen LogP contribution in [0.3, 0.4) is 0 Å². The monoisotopic (exact) mass is 367 g/mol. The number of carboxylic acid groups (broad SMARTS) is 1. The van der Waals surface area contributed by atoms with Crippen molar-refractivity contribution in [3.63, 3.8) is 0 Å². The zero-order chi connectivity index (χ0) is 17.5. The van der Waals surface area contributed by atoms with Gasteiger partial charge < -0.3 is 15.2 Å². The second kappa shape index (κ2) is 8.70. The summed E-state index contributed by atoms with van der Waals surface area (Å²) in [5.41, 5.74) is 0.921. The van der Waals surface area contributed by atoms with Crippen LogP contribution in [0.5, 0.6) is 5.75 Å². The summed E-state index contributed by atoms with van der Waals surface area (Å²) in [6.45, 7) is 1.52. The molecule has 1 atom stereocenters. The van der Waals surface area contributed by atoms with Gasteiger partial charge in [0, 0.05) is 11.3 Å². The van der Waals surface area contributed by atoms with Gasteiger partial charge in [0.15, 0.2) is 6.61 Å². The molecule has 0 spiro atoms. The average Bonchev–Trinajstić information content (AvgIpc) is 2.97. The summed E-state index contributed by atoms with van der Waals surface area (Å²) < 4.78 is 5.80. The van der Waals surface area contributed by atoms with Gasteiger partial charge in [0.1, 0.15) is 5.75 Å². The quantitative estimate of drug-likeness (QED) is 0.746. The standard InChI is InChI=1S/C17H18ClNO4S/c1-11(12-2-4-13(5-3-12)23-10-17(21)22)19-16(20)9-7-14-6-8-15(18)24-14/h2-6,8,11H,7,9-10H2,1H3,(H,19,20)(H,21,22). The molecular weight excluding hydrogens is 350 g/mol. The zero-order valence-corrected chi connectivity index (χ0v) is 14.7. The number of carbonyl (C=O) groups is 2. The van der Waals surface area contributed by atoms with Gasteiger partial charge in [0.25, 0.3) is 0 Å². The summed E-state index contributed by atoms with van der Waals surface area (Å²) in [6, 6.07) is 10.6. The molecule has 1 unspecified atom stereocenters. The van der Waals surface area contributed by atoms with E-state index in [4.69, 9.17) is 21.4 Å². The van der Waals surface area contributed by atoms with E-state index in [0.717, 1.165) is 14.8 Å². The molecule has 7 heteroatoms. The van der Waals surface area contributed by atoms with Crippen molar-refractivity contribution in [3.8, 4) is 5.75 Å². The zero-order valence-electron chi connectivity index (χ0n) is 13.1. The lowest BCUT2D eigenvalue weighted by molar-refractivity contribution is -0.139. The maximum absolute atomic E-state index is 12.0. The van der Waals surface area contributed by atoms with Gasteiger partial charge in [-0.05, 0) is 43.2 Å². The molecule has 0 aliphatic carbocycles. The Balaban J connectivity index is 1.81. The van der Waals surface area contributed by atoms with Crippen LogP contribution in [0, 0.1) is 0 Å². The molecule has 1 heterocycles. The van der Waals surface area contributed by atoms with Crippen molar-refractivity contribution in [1.29, 1.82) is 0 Å². The molecule has 1 amide bonds. The summed E-state index contributed by atoms with van der Waals surface area (Å²) in [6.07, 6.45) is 1.07. The lowest BCUT2D eigenvalue weighted by Gasteiger charge is -2.15. The number of thiophene rings is 1. The molecular formula is C17H18ClNO4S. The van der Waals surface area contributed by atoms with Crippen molar-refractivity contribution in [2.24, 2.45) is 0 Å². The van der Waals surface area contributed by atoms with E-state index in [1.807, 2.05) is 19.1 Å². The molecule has 2 N–H and O–H groups in total. The molecule has 0 bridgehead atoms. The highest BCUT2D eigenvalue weighted by Crippen LogP contribution is 2.23. The maximum Gasteiger partial charge on any atom is 0.341 e. The summed E-state index contributed by atoms with van der Waals surface area (Å²) in [7, 11) is 0. The highest BCUT2D eigenvalue weighted by atomic mass is 35.5. The molecule has 0 saturated carbocycles. The van der Waals surface area contributed by atoms with Crippen LogP contribution in [0.15, 0.2) is 36.4 Å². The third-order valence-electron chi connectivity index (χ3n) is 3.35. The van der Waals surface area contributed by atoms with Crippen LogP contribution in [-0.2, 0) is 16.0 Å². The topological polar surface area (TPSA) is 75.6 Å². The number of aryl methyl sites for hydroxylation is 1. The minimum atomic E-state index is -1.02. The minimum absolute atomic E-state index is 0.0294. The van der Waals surface area contributed by atoms with Crippen molar-refractivity contribution in [1.82, 2.24) is 5.32 Å². The van der Waals surface area contributed by atoms with E-state index in [1.54, 1.807) is 24.3 Å². The SMILES string of the molecule is CC(NC(=O)CCc1ccc(Cl)s1)c1ccc(OCC(=O)O)cc1. The maximum atomic E-state index is 12.0.